The summed E-state index contributed by atoms with van der Waals surface area (Å²) in [7, 11) is 0. The molecule has 0 aromatic heterocycles. The Morgan fingerprint density at radius 1 is 0.609 bits per heavy atom. The molecule has 2 rings (SSSR count). The van der Waals surface area contributed by atoms with Crippen molar-refractivity contribution in [3.63, 3.8) is 0 Å². The molecule has 2 N–H and O–H groups in total. The smallest absolute Gasteiger partial charge is 0.220 e. The van der Waals surface area contributed by atoms with Gasteiger partial charge in [0.05, 0.1) is 0 Å². The molecule has 0 aromatic carbocycles. The lowest BCUT2D eigenvalue weighted by molar-refractivity contribution is -0.122. The van der Waals surface area contributed by atoms with Gasteiger partial charge in [-0.25, -0.2) is 0 Å². The Balaban J connectivity index is 1.45. The molecule has 0 aliphatic heterocycles. The zero-order valence-electron chi connectivity index (χ0n) is 14.6. The predicted molar refractivity (Wildman–Crippen MR) is 93.1 cm³/mol. The van der Waals surface area contributed by atoms with E-state index in [1.54, 1.807) is 0 Å². The topological polar surface area (TPSA) is 58.2 Å². The van der Waals surface area contributed by atoms with Crippen molar-refractivity contribution < 1.29 is 9.59 Å². The molecule has 4 heteroatoms. The third kappa shape index (κ3) is 7.85. The lowest BCUT2D eigenvalue weighted by Crippen LogP contribution is -2.36. The lowest BCUT2D eigenvalue weighted by Gasteiger charge is -2.23. The quantitative estimate of drug-likeness (QED) is 0.667. The van der Waals surface area contributed by atoms with Crippen LogP contribution in [0, 0.1) is 0 Å². The van der Waals surface area contributed by atoms with Crippen LogP contribution in [-0.4, -0.2) is 23.9 Å². The van der Waals surface area contributed by atoms with Gasteiger partial charge in [0.1, 0.15) is 0 Å². The molecule has 0 bridgehead atoms. The van der Waals surface area contributed by atoms with Crippen molar-refractivity contribution in [2.24, 2.45) is 0 Å². The Hall–Kier alpha value is -1.06. The number of rotatable bonds is 8. The van der Waals surface area contributed by atoms with E-state index in [1.165, 1.54) is 38.5 Å². The molecule has 0 saturated heterocycles. The van der Waals surface area contributed by atoms with Crippen molar-refractivity contribution in [2.75, 3.05) is 0 Å². The van der Waals surface area contributed by atoms with E-state index < -0.39 is 0 Å². The lowest BCUT2D eigenvalue weighted by atomic mass is 9.95. The maximum absolute atomic E-state index is 11.9. The standard InChI is InChI=1S/C19H34N2O2/c22-18(20-16-10-4-1-5-11-16)14-8-3-9-15-19(23)21-17-12-6-2-7-13-17/h16-17H,1-15H2,(H,20,22)(H,21,23). The maximum atomic E-state index is 11.9. The minimum absolute atomic E-state index is 0.198. The minimum Gasteiger partial charge on any atom is -0.353 e. The third-order valence-corrected chi connectivity index (χ3v) is 5.25. The third-order valence-electron chi connectivity index (χ3n) is 5.25. The van der Waals surface area contributed by atoms with Gasteiger partial charge in [-0.05, 0) is 38.5 Å². The summed E-state index contributed by atoms with van der Waals surface area (Å²) < 4.78 is 0. The highest BCUT2D eigenvalue weighted by atomic mass is 16.2. The average Bonchev–Trinajstić information content (AvgIpc) is 2.56. The number of amides is 2. The highest BCUT2D eigenvalue weighted by molar-refractivity contribution is 5.76. The van der Waals surface area contributed by atoms with Gasteiger partial charge >= 0.3 is 0 Å². The second-order valence-electron chi connectivity index (χ2n) is 7.37. The van der Waals surface area contributed by atoms with Crippen LogP contribution in [0.3, 0.4) is 0 Å². The van der Waals surface area contributed by atoms with Gasteiger partial charge in [0.25, 0.3) is 0 Å². The molecular formula is C19H34N2O2. The van der Waals surface area contributed by atoms with Crippen LogP contribution in [0.15, 0.2) is 0 Å². The van der Waals surface area contributed by atoms with Crippen LogP contribution in [0.4, 0.5) is 0 Å². The van der Waals surface area contributed by atoms with Crippen molar-refractivity contribution in [1.82, 2.24) is 10.6 Å². The van der Waals surface area contributed by atoms with Gasteiger partial charge in [-0.2, -0.15) is 0 Å². The van der Waals surface area contributed by atoms with E-state index in [0.717, 1.165) is 44.9 Å². The van der Waals surface area contributed by atoms with Crippen LogP contribution in [-0.2, 0) is 9.59 Å². The number of hydrogen-bond acceptors (Lipinski definition) is 2. The molecular weight excluding hydrogens is 288 g/mol. The van der Waals surface area contributed by atoms with E-state index in [1.807, 2.05) is 0 Å². The summed E-state index contributed by atoms with van der Waals surface area (Å²) in [5.41, 5.74) is 0. The van der Waals surface area contributed by atoms with Crippen LogP contribution < -0.4 is 10.6 Å². The molecule has 2 saturated carbocycles. The molecule has 0 radical (unpaired) electrons. The molecule has 0 heterocycles. The van der Waals surface area contributed by atoms with Crippen molar-refractivity contribution in [3.05, 3.63) is 0 Å². The number of carbonyl (C=O) groups is 2. The van der Waals surface area contributed by atoms with Gasteiger partial charge in [-0.15, -0.1) is 0 Å². The molecule has 23 heavy (non-hydrogen) atoms. The largest absolute Gasteiger partial charge is 0.353 e. The normalized spacial score (nSPS) is 20.2. The zero-order valence-corrected chi connectivity index (χ0v) is 14.6. The van der Waals surface area contributed by atoms with Gasteiger partial charge in [0.2, 0.25) is 11.8 Å². The molecule has 0 unspecified atom stereocenters. The number of unbranched alkanes of at least 4 members (excludes halogenated alkanes) is 2. The van der Waals surface area contributed by atoms with E-state index in [9.17, 15) is 9.59 Å². The Morgan fingerprint density at radius 2 is 1.00 bits per heavy atom. The number of hydrogen-bond donors (Lipinski definition) is 2. The first-order chi connectivity index (χ1) is 11.2. The van der Waals surface area contributed by atoms with Gasteiger partial charge in [0.15, 0.2) is 0 Å². The Morgan fingerprint density at radius 3 is 1.39 bits per heavy atom. The molecule has 0 spiro atoms. The highest BCUT2D eigenvalue weighted by Gasteiger charge is 2.16. The number of carbonyl (C=O) groups excluding carboxylic acids is 2. The van der Waals surface area contributed by atoms with E-state index in [4.69, 9.17) is 0 Å². The summed E-state index contributed by atoms with van der Waals surface area (Å²) >= 11 is 0. The molecule has 2 amide bonds. The molecule has 2 aliphatic carbocycles. The molecule has 0 atom stereocenters. The predicted octanol–water partition coefficient (Wildman–Crippen LogP) is 3.83. The van der Waals surface area contributed by atoms with E-state index in [2.05, 4.69) is 10.6 Å². The van der Waals surface area contributed by atoms with Crippen LogP contribution >= 0.6 is 0 Å². The summed E-state index contributed by atoms with van der Waals surface area (Å²) in [4.78, 5) is 23.8. The summed E-state index contributed by atoms with van der Waals surface area (Å²) in [5.74, 6) is 0.395. The fraction of sp³-hybridized carbons (Fsp3) is 0.895. The molecule has 2 aliphatic rings. The minimum atomic E-state index is 0.198. The van der Waals surface area contributed by atoms with E-state index in [-0.39, 0.29) is 11.8 Å². The summed E-state index contributed by atoms with van der Waals surface area (Å²) in [5, 5.41) is 6.31. The maximum Gasteiger partial charge on any atom is 0.220 e. The van der Waals surface area contributed by atoms with Crippen LogP contribution in [0.1, 0.15) is 96.3 Å². The Labute approximate surface area is 141 Å². The van der Waals surface area contributed by atoms with Gasteiger partial charge in [-0.3, -0.25) is 9.59 Å². The van der Waals surface area contributed by atoms with Crippen LogP contribution in [0.5, 0.6) is 0 Å². The second-order valence-corrected chi connectivity index (χ2v) is 7.37. The monoisotopic (exact) mass is 322 g/mol. The average molecular weight is 322 g/mol. The molecule has 0 aromatic rings. The first-order valence-corrected chi connectivity index (χ1v) is 9.83. The molecule has 4 nitrogen and oxygen atoms in total. The first kappa shape index (κ1) is 18.3. The number of nitrogens with one attached hydrogen (secondary N) is 2. The fourth-order valence-electron chi connectivity index (χ4n) is 3.84. The fourth-order valence-corrected chi connectivity index (χ4v) is 3.84. The van der Waals surface area contributed by atoms with Gasteiger partial charge < -0.3 is 10.6 Å². The zero-order chi connectivity index (χ0) is 16.3. The first-order valence-electron chi connectivity index (χ1n) is 9.83. The van der Waals surface area contributed by atoms with Gasteiger partial charge in [0, 0.05) is 24.9 Å². The summed E-state index contributed by atoms with van der Waals surface area (Å²) in [6, 6.07) is 0.829. The van der Waals surface area contributed by atoms with Crippen LogP contribution in [0.2, 0.25) is 0 Å². The molecule has 132 valence electrons. The molecule has 2 fully saturated rings. The Kier molecular flexibility index (Phi) is 8.48. The van der Waals surface area contributed by atoms with Crippen molar-refractivity contribution in [2.45, 2.75) is 108 Å². The van der Waals surface area contributed by atoms with Crippen molar-refractivity contribution in [1.29, 1.82) is 0 Å². The second kappa shape index (κ2) is 10.7. The summed E-state index contributed by atoms with van der Waals surface area (Å²) in [6.07, 6.45) is 16.2. The summed E-state index contributed by atoms with van der Waals surface area (Å²) in [6.45, 7) is 0. The van der Waals surface area contributed by atoms with Crippen LogP contribution in [0.25, 0.3) is 0 Å². The van der Waals surface area contributed by atoms with Crippen molar-refractivity contribution >= 4 is 11.8 Å². The van der Waals surface area contributed by atoms with Gasteiger partial charge in [-0.1, -0.05) is 44.9 Å². The Bertz CT molecular complexity index is 324. The van der Waals surface area contributed by atoms with Crippen molar-refractivity contribution in [3.8, 4) is 0 Å². The highest BCUT2D eigenvalue weighted by Crippen LogP contribution is 2.18. The van der Waals surface area contributed by atoms with E-state index >= 15 is 0 Å². The SMILES string of the molecule is O=C(CCCCCC(=O)NC1CCCCC1)NC1CCCCC1. The van der Waals surface area contributed by atoms with E-state index in [0.29, 0.717) is 24.9 Å².